The predicted octanol–water partition coefficient (Wildman–Crippen LogP) is 0.415. The fourth-order valence-corrected chi connectivity index (χ4v) is 0.798. The zero-order valence-electron chi connectivity index (χ0n) is 4.80. The highest BCUT2D eigenvalue weighted by molar-refractivity contribution is 6.17. The highest BCUT2D eigenvalue weighted by Gasteiger charge is 1.90. The maximum Gasteiger partial charge on any atom is 0.325 e. The van der Waals surface area contributed by atoms with Crippen molar-refractivity contribution in [1.29, 1.82) is 0 Å². The van der Waals surface area contributed by atoms with E-state index in [0.29, 0.717) is 12.4 Å². The molecular weight excluding hydrogens is 140 g/mol. The molecule has 4 heteroatoms. The van der Waals surface area contributed by atoms with Crippen LogP contribution >= 0.6 is 11.6 Å². The molecule has 0 saturated heterocycles. The molecule has 3 nitrogen and oxygen atoms in total. The Kier molecular flexibility index (Phi) is 1.95. The molecule has 0 aliphatic heterocycles. The van der Waals surface area contributed by atoms with Gasteiger partial charge in [-0.15, -0.1) is 11.6 Å². The average molecular weight is 147 g/mol. The minimum atomic E-state index is -0.101. The Morgan fingerprint density at radius 1 is 1.78 bits per heavy atom. The maximum atomic E-state index is 10.7. The number of aromatic amines is 1. The molecule has 50 valence electrons. The van der Waals surface area contributed by atoms with Gasteiger partial charge in [-0.2, -0.15) is 0 Å². The summed E-state index contributed by atoms with van der Waals surface area (Å²) in [4.78, 5) is 13.2. The van der Waals surface area contributed by atoms with Crippen LogP contribution in [-0.4, -0.2) is 15.4 Å². The van der Waals surface area contributed by atoms with Crippen LogP contribution in [0.15, 0.2) is 17.2 Å². The van der Waals surface area contributed by atoms with Crippen molar-refractivity contribution in [2.75, 3.05) is 5.88 Å². The summed E-state index contributed by atoms with van der Waals surface area (Å²) in [6.45, 7) is 0.573. The lowest BCUT2D eigenvalue weighted by Gasteiger charge is -1.91. The molecule has 0 spiro atoms. The van der Waals surface area contributed by atoms with Crippen molar-refractivity contribution in [3.05, 3.63) is 22.9 Å². The molecule has 0 atom stereocenters. The standard InChI is InChI=1S/C5H7ClN2O/c6-1-3-8-4-2-7-5(8)9/h2,4H,1,3H2,(H,7,9). The second-order valence-electron chi connectivity index (χ2n) is 1.65. The second-order valence-corrected chi connectivity index (χ2v) is 2.03. The number of H-pyrrole nitrogens is 1. The van der Waals surface area contributed by atoms with E-state index in [9.17, 15) is 4.79 Å². The Balaban J connectivity index is 2.81. The van der Waals surface area contributed by atoms with Gasteiger partial charge >= 0.3 is 5.69 Å². The number of rotatable bonds is 2. The van der Waals surface area contributed by atoms with Crippen LogP contribution in [0, 0.1) is 0 Å². The molecule has 1 rings (SSSR count). The molecule has 0 aliphatic carbocycles. The summed E-state index contributed by atoms with van der Waals surface area (Å²) in [5.41, 5.74) is -0.101. The van der Waals surface area contributed by atoms with E-state index < -0.39 is 0 Å². The summed E-state index contributed by atoms with van der Waals surface area (Å²) >= 11 is 5.39. The number of alkyl halides is 1. The molecule has 0 aromatic carbocycles. The second kappa shape index (κ2) is 2.73. The zero-order valence-corrected chi connectivity index (χ0v) is 5.56. The smallest absolute Gasteiger partial charge is 0.313 e. The van der Waals surface area contributed by atoms with Gasteiger partial charge in [-0.25, -0.2) is 4.79 Å². The van der Waals surface area contributed by atoms with Crippen molar-refractivity contribution >= 4 is 11.6 Å². The molecule has 1 N–H and O–H groups in total. The fourth-order valence-electron chi connectivity index (χ4n) is 0.616. The molecule has 0 amide bonds. The number of hydrogen-bond acceptors (Lipinski definition) is 1. The molecule has 1 heterocycles. The first kappa shape index (κ1) is 6.42. The minimum Gasteiger partial charge on any atom is -0.313 e. The fraction of sp³-hybridized carbons (Fsp3) is 0.400. The van der Waals surface area contributed by atoms with Gasteiger partial charge in [0, 0.05) is 24.8 Å². The third-order valence-corrected chi connectivity index (χ3v) is 1.22. The van der Waals surface area contributed by atoms with Gasteiger partial charge in [0.15, 0.2) is 0 Å². The van der Waals surface area contributed by atoms with Crippen LogP contribution in [0.2, 0.25) is 0 Å². The van der Waals surface area contributed by atoms with E-state index in [-0.39, 0.29) is 5.69 Å². The highest BCUT2D eigenvalue weighted by Crippen LogP contribution is 1.81. The quantitative estimate of drug-likeness (QED) is 0.604. The molecule has 9 heavy (non-hydrogen) atoms. The topological polar surface area (TPSA) is 37.8 Å². The van der Waals surface area contributed by atoms with Gasteiger partial charge < -0.3 is 4.98 Å². The van der Waals surface area contributed by atoms with Crippen molar-refractivity contribution in [2.45, 2.75) is 6.54 Å². The molecule has 0 saturated carbocycles. The monoisotopic (exact) mass is 146 g/mol. The Bertz CT molecular complexity index is 227. The van der Waals surface area contributed by atoms with Crippen LogP contribution in [0.5, 0.6) is 0 Å². The average Bonchev–Trinajstić information content (AvgIpc) is 2.18. The molecule has 0 radical (unpaired) electrons. The molecular formula is C5H7ClN2O. The van der Waals surface area contributed by atoms with Gasteiger partial charge in [0.05, 0.1) is 0 Å². The van der Waals surface area contributed by atoms with Crippen molar-refractivity contribution in [3.63, 3.8) is 0 Å². The highest BCUT2D eigenvalue weighted by atomic mass is 35.5. The van der Waals surface area contributed by atoms with Gasteiger partial charge in [0.2, 0.25) is 0 Å². The van der Waals surface area contributed by atoms with Crippen LogP contribution in [0.1, 0.15) is 0 Å². The van der Waals surface area contributed by atoms with E-state index in [1.54, 1.807) is 12.4 Å². The molecule has 1 aromatic rings. The van der Waals surface area contributed by atoms with Crippen molar-refractivity contribution in [2.24, 2.45) is 0 Å². The first-order chi connectivity index (χ1) is 4.34. The van der Waals surface area contributed by atoms with Crippen LogP contribution in [0.25, 0.3) is 0 Å². The predicted molar refractivity (Wildman–Crippen MR) is 35.8 cm³/mol. The summed E-state index contributed by atoms with van der Waals surface area (Å²) < 4.78 is 1.52. The van der Waals surface area contributed by atoms with Gasteiger partial charge in [0.25, 0.3) is 0 Å². The first-order valence-corrected chi connectivity index (χ1v) is 3.18. The lowest BCUT2D eigenvalue weighted by Crippen LogP contribution is -2.16. The SMILES string of the molecule is O=c1[nH]ccn1CCCl. The lowest BCUT2D eigenvalue weighted by molar-refractivity contribution is 0.735. The molecule has 0 fully saturated rings. The number of halogens is 1. The Morgan fingerprint density at radius 2 is 2.56 bits per heavy atom. The number of nitrogens with one attached hydrogen (secondary N) is 1. The normalized spacial score (nSPS) is 9.89. The van der Waals surface area contributed by atoms with Crippen molar-refractivity contribution in [3.8, 4) is 0 Å². The van der Waals surface area contributed by atoms with E-state index in [1.807, 2.05) is 0 Å². The largest absolute Gasteiger partial charge is 0.325 e. The van der Waals surface area contributed by atoms with Gasteiger partial charge in [-0.3, -0.25) is 4.57 Å². The molecule has 1 aromatic heterocycles. The maximum absolute atomic E-state index is 10.7. The summed E-state index contributed by atoms with van der Waals surface area (Å²) in [5.74, 6) is 0.470. The summed E-state index contributed by atoms with van der Waals surface area (Å²) in [6, 6.07) is 0. The van der Waals surface area contributed by atoms with E-state index in [1.165, 1.54) is 4.57 Å². The van der Waals surface area contributed by atoms with Gasteiger partial charge in [0.1, 0.15) is 0 Å². The molecule has 0 unspecified atom stereocenters. The van der Waals surface area contributed by atoms with Crippen LogP contribution in [-0.2, 0) is 6.54 Å². The van der Waals surface area contributed by atoms with Crippen LogP contribution in [0.4, 0.5) is 0 Å². The minimum absolute atomic E-state index is 0.101. The summed E-state index contributed by atoms with van der Waals surface area (Å²) in [7, 11) is 0. The number of nitrogens with zero attached hydrogens (tertiary/aromatic N) is 1. The van der Waals surface area contributed by atoms with Crippen LogP contribution in [0.3, 0.4) is 0 Å². The van der Waals surface area contributed by atoms with E-state index in [2.05, 4.69) is 4.98 Å². The van der Waals surface area contributed by atoms with Crippen molar-refractivity contribution < 1.29 is 0 Å². The zero-order chi connectivity index (χ0) is 6.69. The first-order valence-electron chi connectivity index (χ1n) is 2.64. The summed E-state index contributed by atoms with van der Waals surface area (Å²) in [5, 5.41) is 0. The van der Waals surface area contributed by atoms with Gasteiger partial charge in [-0.05, 0) is 0 Å². The number of hydrogen-bond donors (Lipinski definition) is 1. The summed E-state index contributed by atoms with van der Waals surface area (Å²) in [6.07, 6.45) is 3.26. The van der Waals surface area contributed by atoms with E-state index in [4.69, 9.17) is 11.6 Å². The Hall–Kier alpha value is -0.700. The Morgan fingerprint density at radius 3 is 3.00 bits per heavy atom. The third kappa shape index (κ3) is 1.36. The van der Waals surface area contributed by atoms with E-state index >= 15 is 0 Å². The van der Waals surface area contributed by atoms with E-state index in [0.717, 1.165) is 0 Å². The third-order valence-electron chi connectivity index (χ3n) is 1.05. The number of imidazole rings is 1. The molecule has 0 bridgehead atoms. The number of aryl methyl sites for hydroxylation is 1. The van der Waals surface area contributed by atoms with Gasteiger partial charge in [-0.1, -0.05) is 0 Å². The lowest BCUT2D eigenvalue weighted by atomic mass is 10.7. The Labute approximate surface area is 57.3 Å². The number of aromatic nitrogens is 2. The molecule has 0 aliphatic rings. The van der Waals surface area contributed by atoms with Crippen molar-refractivity contribution in [1.82, 2.24) is 9.55 Å². The van der Waals surface area contributed by atoms with Crippen LogP contribution < -0.4 is 5.69 Å².